The lowest BCUT2D eigenvalue weighted by atomic mass is 10.0. The van der Waals surface area contributed by atoms with Crippen molar-refractivity contribution in [1.82, 2.24) is 14.5 Å². The van der Waals surface area contributed by atoms with Crippen LogP contribution in [0, 0.1) is 0 Å². The Morgan fingerprint density at radius 2 is 1.32 bits per heavy atom. The number of rotatable bonds is 14. The van der Waals surface area contributed by atoms with Crippen LogP contribution in [0.25, 0.3) is 0 Å². The van der Waals surface area contributed by atoms with Crippen molar-refractivity contribution >= 4 is 21.8 Å². The molecule has 1 atom stereocenters. The predicted octanol–water partition coefficient (Wildman–Crippen LogP) is 2.59. The van der Waals surface area contributed by atoms with Crippen LogP contribution in [0.1, 0.15) is 23.1 Å². The average molecular weight is 538 g/mol. The van der Waals surface area contributed by atoms with Gasteiger partial charge in [0, 0.05) is 32.7 Å². The molecule has 0 aliphatic rings. The molecule has 0 spiro atoms. The van der Waals surface area contributed by atoms with Crippen molar-refractivity contribution in [3.63, 3.8) is 0 Å². The minimum Gasteiger partial charge on any atom is -0.396 e. The fraction of sp³-hybridized carbons (Fsp3) is 0.310. The molecule has 9 heteroatoms. The van der Waals surface area contributed by atoms with E-state index in [-0.39, 0.29) is 38.6 Å². The van der Waals surface area contributed by atoms with Crippen molar-refractivity contribution in [2.45, 2.75) is 32.0 Å². The van der Waals surface area contributed by atoms with Gasteiger partial charge in [0.25, 0.3) is 0 Å². The molecule has 3 aromatic carbocycles. The van der Waals surface area contributed by atoms with Gasteiger partial charge in [0.1, 0.15) is 6.04 Å². The molecular weight excluding hydrogens is 502 g/mol. The number of benzene rings is 3. The summed E-state index contributed by atoms with van der Waals surface area (Å²) in [7, 11) is -3.73. The molecule has 0 radical (unpaired) electrons. The molecule has 0 bridgehead atoms. The molecule has 0 saturated carbocycles. The number of amides is 2. The Morgan fingerprint density at radius 1 is 0.816 bits per heavy atom. The van der Waals surface area contributed by atoms with E-state index in [0.717, 1.165) is 27.3 Å². The molecule has 0 fully saturated rings. The summed E-state index contributed by atoms with van der Waals surface area (Å²) in [4.78, 5) is 28.7. The van der Waals surface area contributed by atoms with E-state index < -0.39 is 28.5 Å². The van der Waals surface area contributed by atoms with E-state index in [0.29, 0.717) is 6.42 Å². The lowest BCUT2D eigenvalue weighted by Crippen LogP contribution is -2.53. The summed E-state index contributed by atoms with van der Waals surface area (Å²) in [5.74, 6) is -0.839. The minimum absolute atomic E-state index is 0.0383. The number of nitrogens with one attached hydrogen (secondary N) is 1. The molecule has 0 heterocycles. The standard InChI is InChI=1S/C29H35N3O5S/c1-38(36,37)31(21-25-14-7-3-8-15-25)23-28(34)32(22-26-16-9-4-10-17-26)27(29(35)30-18-11-19-33)20-24-12-5-2-6-13-24/h2-10,12-17,27,33H,11,18-23H2,1H3,(H,30,35). The van der Waals surface area contributed by atoms with Crippen molar-refractivity contribution in [1.29, 1.82) is 0 Å². The van der Waals surface area contributed by atoms with Crippen molar-refractivity contribution in [2.24, 2.45) is 0 Å². The zero-order valence-corrected chi connectivity index (χ0v) is 22.4. The number of sulfonamides is 1. The Bertz CT molecular complexity index is 1260. The molecule has 2 amide bonds. The summed E-state index contributed by atoms with van der Waals surface area (Å²) < 4.78 is 26.5. The maximum Gasteiger partial charge on any atom is 0.243 e. The zero-order valence-electron chi connectivity index (χ0n) is 21.6. The molecule has 2 N–H and O–H groups in total. The van der Waals surface area contributed by atoms with Gasteiger partial charge < -0.3 is 15.3 Å². The van der Waals surface area contributed by atoms with Gasteiger partial charge >= 0.3 is 0 Å². The lowest BCUT2D eigenvalue weighted by molar-refractivity contribution is -0.141. The average Bonchev–Trinajstić information content (AvgIpc) is 2.91. The molecular formula is C29H35N3O5S. The second kappa shape index (κ2) is 14.4. The zero-order chi connectivity index (χ0) is 27.4. The molecule has 0 aromatic heterocycles. The van der Waals surface area contributed by atoms with E-state index in [2.05, 4.69) is 5.32 Å². The number of hydrogen-bond acceptors (Lipinski definition) is 5. The Hall–Kier alpha value is -3.53. The van der Waals surface area contributed by atoms with Gasteiger partial charge in [0.2, 0.25) is 21.8 Å². The quantitative estimate of drug-likeness (QED) is 0.308. The van der Waals surface area contributed by atoms with Crippen LogP contribution < -0.4 is 5.32 Å². The van der Waals surface area contributed by atoms with E-state index in [1.165, 1.54) is 4.90 Å². The first kappa shape index (κ1) is 29.0. The Balaban J connectivity index is 1.95. The highest BCUT2D eigenvalue weighted by molar-refractivity contribution is 7.88. The van der Waals surface area contributed by atoms with Crippen LogP contribution in [0.4, 0.5) is 0 Å². The van der Waals surface area contributed by atoms with Crippen molar-refractivity contribution in [3.05, 3.63) is 108 Å². The first-order chi connectivity index (χ1) is 18.3. The maximum atomic E-state index is 13.9. The van der Waals surface area contributed by atoms with Crippen LogP contribution in [0.15, 0.2) is 91.0 Å². The highest BCUT2D eigenvalue weighted by Crippen LogP contribution is 2.17. The minimum atomic E-state index is -3.73. The third-order valence-corrected chi connectivity index (χ3v) is 7.28. The van der Waals surface area contributed by atoms with Crippen LogP contribution in [-0.4, -0.2) is 66.5 Å². The molecule has 0 aliphatic heterocycles. The van der Waals surface area contributed by atoms with E-state index in [1.54, 1.807) is 12.1 Å². The maximum absolute atomic E-state index is 13.9. The molecule has 38 heavy (non-hydrogen) atoms. The summed E-state index contributed by atoms with van der Waals surface area (Å²) in [6.45, 7) is -0.0451. The summed E-state index contributed by atoms with van der Waals surface area (Å²) in [5, 5.41) is 12.0. The highest BCUT2D eigenvalue weighted by atomic mass is 32.2. The molecule has 202 valence electrons. The molecule has 8 nitrogen and oxygen atoms in total. The van der Waals surface area contributed by atoms with Gasteiger partial charge in [-0.2, -0.15) is 4.31 Å². The summed E-state index contributed by atoms with van der Waals surface area (Å²) in [6, 6.07) is 26.9. The predicted molar refractivity (Wildman–Crippen MR) is 147 cm³/mol. The van der Waals surface area contributed by atoms with Crippen LogP contribution in [0.5, 0.6) is 0 Å². The Kier molecular flexibility index (Phi) is 11.0. The van der Waals surface area contributed by atoms with E-state index in [9.17, 15) is 18.0 Å². The molecule has 0 saturated heterocycles. The van der Waals surface area contributed by atoms with Crippen LogP contribution >= 0.6 is 0 Å². The van der Waals surface area contributed by atoms with Gasteiger partial charge in [-0.3, -0.25) is 9.59 Å². The number of carbonyl (C=O) groups excluding carboxylic acids is 2. The van der Waals surface area contributed by atoms with Gasteiger partial charge in [-0.1, -0.05) is 91.0 Å². The summed E-state index contributed by atoms with van der Waals surface area (Å²) in [6.07, 6.45) is 1.71. The SMILES string of the molecule is CS(=O)(=O)N(CC(=O)N(Cc1ccccc1)C(Cc1ccccc1)C(=O)NCCCO)Cc1ccccc1. The second-order valence-corrected chi connectivity index (χ2v) is 11.1. The van der Waals surface area contributed by atoms with Crippen molar-refractivity contribution < 1.29 is 23.1 Å². The fourth-order valence-electron chi connectivity index (χ4n) is 4.06. The second-order valence-electron chi connectivity index (χ2n) is 9.10. The number of aliphatic hydroxyl groups is 1. The van der Waals surface area contributed by atoms with Crippen molar-refractivity contribution in [2.75, 3.05) is 26.0 Å². The third kappa shape index (κ3) is 9.09. The number of hydrogen-bond donors (Lipinski definition) is 2. The van der Waals surface area contributed by atoms with Crippen molar-refractivity contribution in [3.8, 4) is 0 Å². The third-order valence-electron chi connectivity index (χ3n) is 6.08. The lowest BCUT2D eigenvalue weighted by Gasteiger charge is -2.33. The highest BCUT2D eigenvalue weighted by Gasteiger charge is 2.32. The van der Waals surface area contributed by atoms with Crippen LogP contribution in [0.2, 0.25) is 0 Å². The molecule has 3 aromatic rings. The molecule has 3 rings (SSSR count). The van der Waals surface area contributed by atoms with Gasteiger partial charge in [-0.05, 0) is 23.1 Å². The Morgan fingerprint density at radius 3 is 1.82 bits per heavy atom. The van der Waals surface area contributed by atoms with Crippen LogP contribution in [-0.2, 0) is 39.1 Å². The summed E-state index contributed by atoms with van der Waals surface area (Å²) in [5.41, 5.74) is 2.43. The summed E-state index contributed by atoms with van der Waals surface area (Å²) >= 11 is 0. The monoisotopic (exact) mass is 537 g/mol. The first-order valence-corrected chi connectivity index (χ1v) is 14.4. The normalized spacial score (nSPS) is 12.2. The van der Waals surface area contributed by atoms with Gasteiger partial charge in [0.05, 0.1) is 12.8 Å². The number of carbonyl (C=O) groups is 2. The first-order valence-electron chi connectivity index (χ1n) is 12.5. The van der Waals surface area contributed by atoms with E-state index >= 15 is 0 Å². The number of aliphatic hydroxyl groups excluding tert-OH is 1. The Labute approximate surface area is 225 Å². The fourth-order valence-corrected chi connectivity index (χ4v) is 4.79. The smallest absolute Gasteiger partial charge is 0.243 e. The largest absolute Gasteiger partial charge is 0.396 e. The van der Waals surface area contributed by atoms with E-state index in [1.807, 2.05) is 78.9 Å². The van der Waals surface area contributed by atoms with Crippen LogP contribution in [0.3, 0.4) is 0 Å². The van der Waals surface area contributed by atoms with Gasteiger partial charge in [0.15, 0.2) is 0 Å². The molecule has 1 unspecified atom stereocenters. The topological polar surface area (TPSA) is 107 Å². The van der Waals surface area contributed by atoms with Gasteiger partial charge in [-0.25, -0.2) is 8.42 Å². The number of nitrogens with zero attached hydrogens (tertiary/aromatic N) is 2. The van der Waals surface area contributed by atoms with Gasteiger partial charge in [-0.15, -0.1) is 0 Å². The van der Waals surface area contributed by atoms with E-state index in [4.69, 9.17) is 5.11 Å². The molecule has 0 aliphatic carbocycles.